The van der Waals surface area contributed by atoms with Crippen LogP contribution >= 0.6 is 0 Å². The largest absolute Gasteiger partial charge is 0.493 e. The third-order valence-electron chi connectivity index (χ3n) is 3.42. The van der Waals surface area contributed by atoms with Crippen LogP contribution in [0.25, 0.3) is 0 Å². The number of nitrogens with one attached hydrogen (secondary N) is 2. The average Bonchev–Trinajstić information content (AvgIpc) is 2.65. The minimum Gasteiger partial charge on any atom is -0.493 e. The minimum absolute atomic E-state index is 0.220. The second-order valence-corrected chi connectivity index (χ2v) is 5.46. The van der Waals surface area contributed by atoms with E-state index in [4.69, 9.17) is 14.2 Å². The van der Waals surface area contributed by atoms with Crippen molar-refractivity contribution in [3.8, 4) is 11.5 Å². The van der Waals surface area contributed by atoms with Gasteiger partial charge in [-0.05, 0) is 36.4 Å². The highest BCUT2D eigenvalue weighted by Gasteiger charge is 2.14. The molecule has 0 atom stereocenters. The second-order valence-electron chi connectivity index (χ2n) is 5.46. The van der Waals surface area contributed by atoms with Crippen molar-refractivity contribution in [2.45, 2.75) is 6.92 Å². The van der Waals surface area contributed by atoms with Gasteiger partial charge in [0.05, 0.1) is 19.8 Å². The predicted molar refractivity (Wildman–Crippen MR) is 99.2 cm³/mol. The van der Waals surface area contributed by atoms with Gasteiger partial charge in [-0.15, -0.1) is 0 Å². The molecule has 0 aromatic heterocycles. The molecule has 0 saturated carbocycles. The molecule has 0 radical (unpaired) electrons. The van der Waals surface area contributed by atoms with E-state index in [2.05, 4.69) is 10.6 Å². The van der Waals surface area contributed by atoms with Crippen LogP contribution in [0.3, 0.4) is 0 Å². The summed E-state index contributed by atoms with van der Waals surface area (Å²) in [7, 11) is 2.94. The van der Waals surface area contributed by atoms with Crippen LogP contribution in [-0.2, 0) is 14.3 Å². The van der Waals surface area contributed by atoms with Crippen LogP contribution in [0.2, 0.25) is 0 Å². The van der Waals surface area contributed by atoms with Crippen molar-refractivity contribution in [2.75, 3.05) is 31.5 Å². The number of anilines is 2. The quantitative estimate of drug-likeness (QED) is 0.724. The fraction of sp³-hybridized carbons (Fsp3) is 0.211. The van der Waals surface area contributed by atoms with E-state index in [0.29, 0.717) is 22.9 Å². The fourth-order valence-corrected chi connectivity index (χ4v) is 2.25. The number of hydrogen-bond donors (Lipinski definition) is 2. The number of rotatable bonds is 7. The lowest BCUT2D eigenvalue weighted by atomic mass is 10.2. The molecule has 2 rings (SSSR count). The maximum atomic E-state index is 12.1. The Hall–Kier alpha value is -3.55. The van der Waals surface area contributed by atoms with Gasteiger partial charge in [-0.2, -0.15) is 0 Å². The molecule has 142 valence electrons. The molecule has 0 spiro atoms. The summed E-state index contributed by atoms with van der Waals surface area (Å²) >= 11 is 0. The molecule has 2 amide bonds. The zero-order valence-electron chi connectivity index (χ0n) is 15.2. The van der Waals surface area contributed by atoms with Crippen molar-refractivity contribution in [1.82, 2.24) is 0 Å². The number of methoxy groups -OCH3 is 2. The van der Waals surface area contributed by atoms with Gasteiger partial charge in [-0.3, -0.25) is 9.59 Å². The average molecular weight is 372 g/mol. The monoisotopic (exact) mass is 372 g/mol. The van der Waals surface area contributed by atoms with Crippen molar-refractivity contribution in [3.05, 3.63) is 48.0 Å². The van der Waals surface area contributed by atoms with E-state index in [1.807, 2.05) is 0 Å². The highest BCUT2D eigenvalue weighted by atomic mass is 16.5. The van der Waals surface area contributed by atoms with Crippen molar-refractivity contribution in [2.24, 2.45) is 0 Å². The van der Waals surface area contributed by atoms with Crippen LogP contribution < -0.4 is 20.1 Å². The summed E-state index contributed by atoms with van der Waals surface area (Å²) in [6.45, 7) is 0.927. The van der Waals surface area contributed by atoms with Gasteiger partial charge in [0.25, 0.3) is 5.91 Å². The van der Waals surface area contributed by atoms with E-state index in [9.17, 15) is 14.4 Å². The molecule has 2 aromatic carbocycles. The summed E-state index contributed by atoms with van der Waals surface area (Å²) in [6.07, 6.45) is 0. The SMILES string of the molecule is COc1ccc(C(=O)OCC(=O)Nc2cccc(NC(C)=O)c2)cc1OC. The van der Waals surface area contributed by atoms with Crippen LogP contribution in [0.15, 0.2) is 42.5 Å². The first-order chi connectivity index (χ1) is 12.9. The maximum absolute atomic E-state index is 12.1. The molecule has 8 heteroatoms. The van der Waals surface area contributed by atoms with Crippen LogP contribution in [0.5, 0.6) is 11.5 Å². The number of esters is 1. The summed E-state index contributed by atoms with van der Waals surface area (Å²) in [5, 5.41) is 5.20. The molecule has 0 fully saturated rings. The third kappa shape index (κ3) is 5.74. The Balaban J connectivity index is 1.93. The van der Waals surface area contributed by atoms with E-state index in [-0.39, 0.29) is 11.5 Å². The normalized spacial score (nSPS) is 9.89. The third-order valence-corrected chi connectivity index (χ3v) is 3.42. The smallest absolute Gasteiger partial charge is 0.338 e. The molecule has 0 aliphatic carbocycles. The van der Waals surface area contributed by atoms with Gasteiger partial charge >= 0.3 is 5.97 Å². The lowest BCUT2D eigenvalue weighted by molar-refractivity contribution is -0.119. The highest BCUT2D eigenvalue weighted by molar-refractivity contribution is 5.96. The van der Waals surface area contributed by atoms with Crippen LogP contribution in [0.1, 0.15) is 17.3 Å². The Morgan fingerprint density at radius 3 is 2.19 bits per heavy atom. The zero-order chi connectivity index (χ0) is 19.8. The standard InChI is InChI=1S/C19H20N2O6/c1-12(22)20-14-5-4-6-15(10-14)21-18(23)11-27-19(24)13-7-8-16(25-2)17(9-13)26-3/h4-10H,11H2,1-3H3,(H,20,22)(H,21,23). The Labute approximate surface area is 156 Å². The van der Waals surface area contributed by atoms with Crippen molar-refractivity contribution in [1.29, 1.82) is 0 Å². The summed E-state index contributed by atoms with van der Waals surface area (Å²) in [5.74, 6) is -0.540. The predicted octanol–water partition coefficient (Wildman–Crippen LogP) is 2.46. The molecule has 0 unspecified atom stereocenters. The minimum atomic E-state index is -0.668. The number of carbonyl (C=O) groups is 3. The van der Waals surface area contributed by atoms with Crippen molar-refractivity contribution >= 4 is 29.2 Å². The van der Waals surface area contributed by atoms with Crippen LogP contribution in [0.4, 0.5) is 11.4 Å². The number of amides is 2. The molecule has 0 saturated heterocycles. The molecule has 0 heterocycles. The van der Waals surface area contributed by atoms with Gasteiger partial charge in [0, 0.05) is 18.3 Å². The topological polar surface area (TPSA) is 103 Å². The summed E-state index contributed by atoms with van der Waals surface area (Å²) in [5.41, 5.74) is 1.24. The van der Waals surface area contributed by atoms with E-state index < -0.39 is 18.5 Å². The van der Waals surface area contributed by atoms with E-state index >= 15 is 0 Å². The number of benzene rings is 2. The summed E-state index contributed by atoms with van der Waals surface area (Å²) in [4.78, 5) is 35.2. The lowest BCUT2D eigenvalue weighted by Crippen LogP contribution is -2.21. The van der Waals surface area contributed by atoms with Crippen molar-refractivity contribution < 1.29 is 28.6 Å². The van der Waals surface area contributed by atoms with Gasteiger partial charge in [0.15, 0.2) is 18.1 Å². The second kappa shape index (κ2) is 9.23. The summed E-state index contributed by atoms with van der Waals surface area (Å²) < 4.78 is 15.2. The van der Waals surface area contributed by atoms with Gasteiger partial charge < -0.3 is 24.8 Å². The van der Waals surface area contributed by atoms with Gasteiger partial charge in [0.2, 0.25) is 5.91 Å². The van der Waals surface area contributed by atoms with E-state index in [1.54, 1.807) is 30.3 Å². The highest BCUT2D eigenvalue weighted by Crippen LogP contribution is 2.27. The maximum Gasteiger partial charge on any atom is 0.338 e. The number of ether oxygens (including phenoxy) is 3. The van der Waals surface area contributed by atoms with E-state index in [1.165, 1.54) is 33.3 Å². The Kier molecular flexibility index (Phi) is 6.76. The molecule has 2 N–H and O–H groups in total. The molecular weight excluding hydrogens is 352 g/mol. The first-order valence-corrected chi connectivity index (χ1v) is 7.99. The van der Waals surface area contributed by atoms with Gasteiger partial charge in [-0.1, -0.05) is 6.07 Å². The summed E-state index contributed by atoms with van der Waals surface area (Å²) in [6, 6.07) is 11.2. The van der Waals surface area contributed by atoms with Gasteiger partial charge in [-0.25, -0.2) is 4.79 Å². The van der Waals surface area contributed by atoms with Crippen LogP contribution in [0, 0.1) is 0 Å². The zero-order valence-corrected chi connectivity index (χ0v) is 15.2. The fourth-order valence-electron chi connectivity index (χ4n) is 2.25. The first kappa shape index (κ1) is 19.8. The Morgan fingerprint density at radius 2 is 1.56 bits per heavy atom. The lowest BCUT2D eigenvalue weighted by Gasteiger charge is -2.10. The molecule has 27 heavy (non-hydrogen) atoms. The van der Waals surface area contributed by atoms with Crippen molar-refractivity contribution in [3.63, 3.8) is 0 Å². The first-order valence-electron chi connectivity index (χ1n) is 7.99. The number of carbonyl (C=O) groups excluding carboxylic acids is 3. The number of hydrogen-bond acceptors (Lipinski definition) is 6. The molecule has 0 bridgehead atoms. The van der Waals surface area contributed by atoms with Gasteiger partial charge in [0.1, 0.15) is 0 Å². The Bertz CT molecular complexity index is 850. The Morgan fingerprint density at radius 1 is 0.889 bits per heavy atom. The van der Waals surface area contributed by atoms with E-state index in [0.717, 1.165) is 0 Å². The molecule has 8 nitrogen and oxygen atoms in total. The molecule has 0 aliphatic heterocycles. The molecular formula is C19H20N2O6. The molecule has 2 aromatic rings. The molecule has 0 aliphatic rings. The van der Waals surface area contributed by atoms with Crippen LogP contribution in [-0.4, -0.2) is 38.6 Å².